The summed E-state index contributed by atoms with van der Waals surface area (Å²) in [6.07, 6.45) is 4.77. The fourth-order valence-corrected chi connectivity index (χ4v) is 2.75. The van der Waals surface area contributed by atoms with Crippen molar-refractivity contribution in [2.24, 2.45) is 4.99 Å². The Hall–Kier alpha value is -1.16. The normalized spacial score (nSPS) is 11.1. The number of thiazole rings is 1. The van der Waals surface area contributed by atoms with E-state index in [2.05, 4.69) is 32.6 Å². The number of nitrogens with zero attached hydrogens (tertiary/aromatic N) is 4. The molecule has 0 aliphatic heterocycles. The maximum atomic E-state index is 4.51. The Balaban J connectivity index is 0.00000242. The molecule has 0 aromatic carbocycles. The summed E-state index contributed by atoms with van der Waals surface area (Å²) in [6.45, 7) is 6.60. The van der Waals surface area contributed by atoms with E-state index in [0.717, 1.165) is 36.2 Å². The average Bonchev–Trinajstić information content (AvgIpc) is 3.09. The molecule has 0 unspecified atom stereocenters. The summed E-state index contributed by atoms with van der Waals surface area (Å²) in [4.78, 5) is 10.00. The van der Waals surface area contributed by atoms with Crippen LogP contribution >= 0.6 is 35.3 Å². The predicted molar refractivity (Wildman–Crippen MR) is 102 cm³/mol. The van der Waals surface area contributed by atoms with Crippen molar-refractivity contribution in [3.05, 3.63) is 34.0 Å². The van der Waals surface area contributed by atoms with Crippen LogP contribution in [0.5, 0.6) is 0 Å². The van der Waals surface area contributed by atoms with E-state index in [1.54, 1.807) is 24.6 Å². The zero-order valence-electron chi connectivity index (χ0n) is 13.2. The summed E-state index contributed by atoms with van der Waals surface area (Å²) in [6, 6.07) is 1.94. The van der Waals surface area contributed by atoms with E-state index >= 15 is 0 Å². The molecular weight excluding hydrogens is 411 g/mol. The van der Waals surface area contributed by atoms with Crippen LogP contribution in [0.15, 0.2) is 23.5 Å². The van der Waals surface area contributed by atoms with Crippen LogP contribution in [-0.2, 0) is 13.1 Å². The van der Waals surface area contributed by atoms with Gasteiger partial charge in [-0.25, -0.2) is 4.98 Å². The molecule has 2 N–H and O–H groups in total. The van der Waals surface area contributed by atoms with Crippen molar-refractivity contribution in [1.82, 2.24) is 25.4 Å². The molecule has 2 rings (SSSR count). The third-order valence-corrected chi connectivity index (χ3v) is 4.19. The Morgan fingerprint density at radius 3 is 2.77 bits per heavy atom. The van der Waals surface area contributed by atoms with Gasteiger partial charge < -0.3 is 10.6 Å². The highest BCUT2D eigenvalue weighted by atomic mass is 127. The number of aromatic nitrogens is 3. The van der Waals surface area contributed by atoms with Gasteiger partial charge >= 0.3 is 0 Å². The van der Waals surface area contributed by atoms with Crippen molar-refractivity contribution < 1.29 is 0 Å². The van der Waals surface area contributed by atoms with Crippen LogP contribution in [-0.4, -0.2) is 34.3 Å². The summed E-state index contributed by atoms with van der Waals surface area (Å²) >= 11 is 1.73. The first-order chi connectivity index (χ1) is 10.2. The van der Waals surface area contributed by atoms with Gasteiger partial charge in [0, 0.05) is 37.4 Å². The maximum absolute atomic E-state index is 4.51. The van der Waals surface area contributed by atoms with Crippen LogP contribution < -0.4 is 10.6 Å². The van der Waals surface area contributed by atoms with E-state index in [0.29, 0.717) is 6.54 Å². The highest BCUT2D eigenvalue weighted by molar-refractivity contribution is 14.0. The molecule has 0 aliphatic carbocycles. The highest BCUT2D eigenvalue weighted by Gasteiger charge is 2.04. The first-order valence-corrected chi connectivity index (χ1v) is 7.85. The molecule has 0 saturated carbocycles. The van der Waals surface area contributed by atoms with E-state index in [1.807, 2.05) is 23.9 Å². The third kappa shape index (κ3) is 5.91. The van der Waals surface area contributed by atoms with Crippen molar-refractivity contribution >= 4 is 41.3 Å². The Kier molecular flexibility index (Phi) is 8.39. The van der Waals surface area contributed by atoms with Gasteiger partial charge in [-0.3, -0.25) is 9.67 Å². The minimum absolute atomic E-state index is 0. The molecule has 0 fully saturated rings. The minimum atomic E-state index is 0. The van der Waals surface area contributed by atoms with E-state index in [9.17, 15) is 0 Å². The van der Waals surface area contributed by atoms with Crippen molar-refractivity contribution in [2.45, 2.75) is 33.4 Å². The Labute approximate surface area is 152 Å². The molecule has 0 spiro atoms. The summed E-state index contributed by atoms with van der Waals surface area (Å²) in [5, 5.41) is 11.8. The Morgan fingerprint density at radius 1 is 1.36 bits per heavy atom. The van der Waals surface area contributed by atoms with E-state index in [4.69, 9.17) is 0 Å². The molecule has 0 saturated heterocycles. The van der Waals surface area contributed by atoms with Crippen molar-refractivity contribution in [1.29, 1.82) is 0 Å². The molecule has 2 heterocycles. The number of rotatable bonds is 6. The van der Waals surface area contributed by atoms with Crippen molar-refractivity contribution in [2.75, 3.05) is 13.6 Å². The summed E-state index contributed by atoms with van der Waals surface area (Å²) in [5.74, 6) is 0.806. The van der Waals surface area contributed by atoms with Gasteiger partial charge in [0.05, 0.1) is 12.2 Å². The minimum Gasteiger partial charge on any atom is -0.356 e. The monoisotopic (exact) mass is 434 g/mol. The molecule has 6 nitrogen and oxygen atoms in total. The Bertz CT molecular complexity index is 559. The van der Waals surface area contributed by atoms with Crippen LogP contribution in [0.1, 0.15) is 22.0 Å². The van der Waals surface area contributed by atoms with Crippen LogP contribution in [0.25, 0.3) is 0 Å². The molecule has 8 heteroatoms. The van der Waals surface area contributed by atoms with Gasteiger partial charge in [-0.2, -0.15) is 5.10 Å². The van der Waals surface area contributed by atoms with Crippen LogP contribution in [0.3, 0.4) is 0 Å². The standard InChI is InChI=1S/C14H22N6S.HI/c1-11-12(2)21-13(19-11)10-17-14(15-3)16-6-4-8-20-9-5-7-18-20;/h5,7,9H,4,6,8,10H2,1-3H3,(H2,15,16,17);1H. The first kappa shape index (κ1) is 18.9. The molecule has 0 radical (unpaired) electrons. The lowest BCUT2D eigenvalue weighted by atomic mass is 10.4. The number of hydrogen-bond donors (Lipinski definition) is 2. The second-order valence-corrected chi connectivity index (χ2v) is 6.01. The van der Waals surface area contributed by atoms with Crippen LogP contribution in [0, 0.1) is 13.8 Å². The van der Waals surface area contributed by atoms with Crippen molar-refractivity contribution in [3.63, 3.8) is 0 Å². The predicted octanol–water partition coefficient (Wildman–Crippen LogP) is 2.33. The van der Waals surface area contributed by atoms with Gasteiger partial charge in [-0.05, 0) is 26.3 Å². The molecular formula is C14H23IN6S. The maximum Gasteiger partial charge on any atom is 0.191 e. The molecule has 2 aromatic rings. The zero-order valence-corrected chi connectivity index (χ0v) is 16.3. The number of guanidine groups is 1. The second kappa shape index (κ2) is 9.78. The van der Waals surface area contributed by atoms with Gasteiger partial charge in [-0.15, -0.1) is 35.3 Å². The first-order valence-electron chi connectivity index (χ1n) is 7.04. The van der Waals surface area contributed by atoms with E-state index in [-0.39, 0.29) is 24.0 Å². The van der Waals surface area contributed by atoms with Crippen LogP contribution in [0.4, 0.5) is 0 Å². The summed E-state index contributed by atoms with van der Waals surface area (Å²) in [5.41, 5.74) is 1.11. The van der Waals surface area contributed by atoms with E-state index in [1.165, 1.54) is 4.88 Å². The van der Waals surface area contributed by atoms with Crippen molar-refractivity contribution in [3.8, 4) is 0 Å². The summed E-state index contributed by atoms with van der Waals surface area (Å²) < 4.78 is 1.93. The third-order valence-electron chi connectivity index (χ3n) is 3.12. The quantitative estimate of drug-likeness (QED) is 0.317. The lowest BCUT2D eigenvalue weighted by Crippen LogP contribution is -2.37. The molecule has 0 atom stereocenters. The fourth-order valence-electron chi connectivity index (χ4n) is 1.88. The number of aliphatic imine (C=N–C) groups is 1. The average molecular weight is 434 g/mol. The summed E-state index contributed by atoms with van der Waals surface area (Å²) in [7, 11) is 1.78. The van der Waals surface area contributed by atoms with Gasteiger partial charge in [0.15, 0.2) is 5.96 Å². The second-order valence-electron chi connectivity index (χ2n) is 4.72. The largest absolute Gasteiger partial charge is 0.356 e. The number of hydrogen-bond acceptors (Lipinski definition) is 4. The molecule has 0 bridgehead atoms. The molecule has 0 amide bonds. The molecule has 0 aliphatic rings. The number of halogens is 1. The molecule has 22 heavy (non-hydrogen) atoms. The molecule has 122 valence electrons. The number of aryl methyl sites for hydroxylation is 3. The molecule has 2 aromatic heterocycles. The SMILES string of the molecule is CN=C(NCCCn1cccn1)NCc1nc(C)c(C)s1.I. The smallest absolute Gasteiger partial charge is 0.191 e. The topological polar surface area (TPSA) is 67.1 Å². The van der Waals surface area contributed by atoms with Gasteiger partial charge in [-0.1, -0.05) is 0 Å². The lowest BCUT2D eigenvalue weighted by Gasteiger charge is -2.10. The van der Waals surface area contributed by atoms with E-state index < -0.39 is 0 Å². The van der Waals surface area contributed by atoms with Gasteiger partial charge in [0.1, 0.15) is 5.01 Å². The van der Waals surface area contributed by atoms with Gasteiger partial charge in [0.2, 0.25) is 0 Å². The Morgan fingerprint density at radius 2 is 2.18 bits per heavy atom. The number of nitrogens with one attached hydrogen (secondary N) is 2. The van der Waals surface area contributed by atoms with Gasteiger partial charge in [0.25, 0.3) is 0 Å². The highest BCUT2D eigenvalue weighted by Crippen LogP contribution is 2.15. The zero-order chi connectivity index (χ0) is 15.1. The van der Waals surface area contributed by atoms with Crippen LogP contribution in [0.2, 0.25) is 0 Å². The fraction of sp³-hybridized carbons (Fsp3) is 0.500. The lowest BCUT2D eigenvalue weighted by molar-refractivity contribution is 0.570.